The van der Waals surface area contributed by atoms with E-state index < -0.39 is 6.04 Å². The third-order valence-corrected chi connectivity index (χ3v) is 5.79. The molecule has 0 bridgehead atoms. The highest BCUT2D eigenvalue weighted by molar-refractivity contribution is 8.15. The number of benzene rings is 1. The molecule has 25 heavy (non-hydrogen) atoms. The predicted molar refractivity (Wildman–Crippen MR) is 98.1 cm³/mol. The number of phenolic OH excluding ortho intramolecular Hbond substituents is 1. The number of carbonyl (C=O) groups excluding carboxylic acids is 1. The lowest BCUT2D eigenvalue weighted by Crippen LogP contribution is -2.21. The fourth-order valence-electron chi connectivity index (χ4n) is 2.35. The highest BCUT2D eigenvalue weighted by atomic mass is 32.2. The summed E-state index contributed by atoms with van der Waals surface area (Å²) in [5.74, 6) is 0.410. The van der Waals surface area contributed by atoms with Gasteiger partial charge in [0.05, 0.1) is 10.2 Å². The monoisotopic (exact) mass is 371 g/mol. The molecule has 1 aromatic carbocycles. The van der Waals surface area contributed by atoms with Gasteiger partial charge in [0.2, 0.25) is 0 Å². The second-order valence-corrected chi connectivity index (χ2v) is 7.44. The van der Waals surface area contributed by atoms with E-state index in [9.17, 15) is 9.90 Å². The number of aliphatic imine (C=N–C) groups is 1. The Morgan fingerprint density at radius 2 is 2.28 bits per heavy atom. The number of thioether (sulfide) groups is 1. The Morgan fingerprint density at radius 1 is 1.36 bits per heavy atom. The average molecular weight is 371 g/mol. The Balaban J connectivity index is 1.46. The van der Waals surface area contributed by atoms with Crippen LogP contribution in [0.1, 0.15) is 10.6 Å². The Morgan fingerprint density at radius 3 is 3.12 bits per heavy atom. The number of carbonyl (C=O) groups is 1. The van der Waals surface area contributed by atoms with Crippen LogP contribution in [0, 0.1) is 0 Å². The van der Waals surface area contributed by atoms with Gasteiger partial charge in [-0.25, -0.2) is 9.78 Å². The maximum atomic E-state index is 12.2. The summed E-state index contributed by atoms with van der Waals surface area (Å²) in [5.41, 5.74) is 1.65. The average Bonchev–Trinajstić information content (AvgIpc) is 3.27. The third-order valence-electron chi connectivity index (χ3n) is 3.58. The van der Waals surface area contributed by atoms with Crippen molar-refractivity contribution in [2.24, 2.45) is 4.99 Å². The summed E-state index contributed by atoms with van der Waals surface area (Å²) in [4.78, 5) is 25.2. The van der Waals surface area contributed by atoms with E-state index in [0.29, 0.717) is 5.75 Å². The molecular weight excluding hydrogens is 358 g/mol. The van der Waals surface area contributed by atoms with Crippen molar-refractivity contribution in [3.63, 3.8) is 0 Å². The minimum Gasteiger partial charge on any atom is -0.508 e. The van der Waals surface area contributed by atoms with Crippen molar-refractivity contribution in [2.75, 3.05) is 5.75 Å². The van der Waals surface area contributed by atoms with Crippen LogP contribution in [0.5, 0.6) is 5.75 Å². The van der Waals surface area contributed by atoms with Gasteiger partial charge in [0.1, 0.15) is 22.4 Å². The van der Waals surface area contributed by atoms with Crippen molar-refractivity contribution < 1.29 is 14.6 Å². The van der Waals surface area contributed by atoms with E-state index in [0.717, 1.165) is 25.8 Å². The first-order valence-electron chi connectivity index (χ1n) is 7.55. The molecule has 6 nitrogen and oxygen atoms in total. The molecule has 1 aliphatic heterocycles. The van der Waals surface area contributed by atoms with Crippen LogP contribution >= 0.6 is 23.1 Å². The molecule has 1 aliphatic rings. The number of hydrogen-bond acceptors (Lipinski definition) is 8. The van der Waals surface area contributed by atoms with Crippen molar-refractivity contribution >= 4 is 44.3 Å². The number of esters is 1. The van der Waals surface area contributed by atoms with Gasteiger partial charge in [0.15, 0.2) is 6.04 Å². The van der Waals surface area contributed by atoms with Gasteiger partial charge in [0, 0.05) is 23.7 Å². The first-order valence-corrected chi connectivity index (χ1v) is 9.35. The normalized spacial score (nSPS) is 16.8. The highest BCUT2D eigenvalue weighted by Crippen LogP contribution is 2.31. The number of aromatic hydroxyl groups is 1. The van der Waals surface area contributed by atoms with Crippen LogP contribution in [0.15, 0.2) is 47.7 Å². The molecule has 1 N–H and O–H groups in total. The number of hydrogen-bond donors (Lipinski definition) is 1. The van der Waals surface area contributed by atoms with Crippen molar-refractivity contribution in [1.29, 1.82) is 0 Å². The molecule has 1 atom stereocenters. The van der Waals surface area contributed by atoms with Gasteiger partial charge in [-0.05, 0) is 24.3 Å². The number of phenols is 1. The lowest BCUT2D eigenvalue weighted by atomic mass is 10.3. The molecule has 0 fully saturated rings. The molecule has 8 heteroatoms. The largest absolute Gasteiger partial charge is 0.508 e. The number of rotatable bonds is 4. The van der Waals surface area contributed by atoms with Gasteiger partial charge in [-0.2, -0.15) is 0 Å². The van der Waals surface area contributed by atoms with Crippen LogP contribution < -0.4 is 0 Å². The molecule has 0 amide bonds. The highest BCUT2D eigenvalue weighted by Gasteiger charge is 2.28. The van der Waals surface area contributed by atoms with E-state index in [1.165, 1.54) is 23.1 Å². The van der Waals surface area contributed by atoms with Gasteiger partial charge in [-0.3, -0.25) is 9.98 Å². The molecule has 0 unspecified atom stereocenters. The first-order chi connectivity index (χ1) is 12.2. The van der Waals surface area contributed by atoms with E-state index in [1.54, 1.807) is 36.7 Å². The summed E-state index contributed by atoms with van der Waals surface area (Å²) in [6.07, 6.45) is 3.34. The second-order valence-electron chi connectivity index (χ2n) is 5.40. The Bertz CT molecular complexity index is 956. The van der Waals surface area contributed by atoms with Crippen molar-refractivity contribution in [3.8, 4) is 5.75 Å². The van der Waals surface area contributed by atoms with E-state index in [-0.39, 0.29) is 18.3 Å². The predicted octanol–water partition coefficient (Wildman–Crippen LogP) is 3.00. The number of fused-ring (bicyclic) bond motifs is 1. The molecule has 0 spiro atoms. The molecular formula is C17H13N3O3S2. The maximum Gasteiger partial charge on any atom is 0.332 e. The fourth-order valence-corrected chi connectivity index (χ4v) is 4.44. The standard InChI is InChI=1S/C17H13N3O3S2/c21-11-3-4-12-14(6-11)25-16(19-12)15-20-13(9-24-15)17(22)23-8-10-2-1-5-18-7-10/h1-7,13,21H,8-9H2/t13-/m1/s1. The summed E-state index contributed by atoms with van der Waals surface area (Å²) in [5, 5.41) is 11.0. The smallest absolute Gasteiger partial charge is 0.332 e. The SMILES string of the molecule is O=C(OCc1cccnc1)[C@H]1CSC(c2nc3ccc(O)cc3s2)=N1. The summed E-state index contributed by atoms with van der Waals surface area (Å²) in [7, 11) is 0. The zero-order valence-corrected chi connectivity index (χ0v) is 14.6. The minimum atomic E-state index is -0.517. The number of thiazole rings is 1. The van der Waals surface area contributed by atoms with Gasteiger partial charge in [-0.1, -0.05) is 6.07 Å². The van der Waals surface area contributed by atoms with Crippen molar-refractivity contribution in [3.05, 3.63) is 53.3 Å². The van der Waals surface area contributed by atoms with E-state index in [2.05, 4.69) is 15.0 Å². The van der Waals surface area contributed by atoms with Crippen LogP contribution in [0.3, 0.4) is 0 Å². The zero-order valence-electron chi connectivity index (χ0n) is 13.0. The zero-order chi connectivity index (χ0) is 17.2. The van der Waals surface area contributed by atoms with E-state index in [1.807, 2.05) is 6.07 Å². The number of aromatic nitrogens is 2. The van der Waals surface area contributed by atoms with Crippen LogP contribution in [-0.4, -0.2) is 37.9 Å². The summed E-state index contributed by atoms with van der Waals surface area (Å²) in [6.45, 7) is 0.194. The van der Waals surface area contributed by atoms with Gasteiger partial charge in [0.25, 0.3) is 0 Å². The fraction of sp³-hybridized carbons (Fsp3) is 0.176. The molecule has 0 saturated heterocycles. The number of nitrogens with zero attached hydrogens (tertiary/aromatic N) is 3. The van der Waals surface area contributed by atoms with Gasteiger partial charge < -0.3 is 9.84 Å². The molecule has 3 heterocycles. The van der Waals surface area contributed by atoms with Crippen LogP contribution in [0.4, 0.5) is 0 Å². The number of ether oxygens (including phenoxy) is 1. The molecule has 126 valence electrons. The molecule has 0 aliphatic carbocycles. The van der Waals surface area contributed by atoms with Crippen LogP contribution in [0.2, 0.25) is 0 Å². The Hall–Kier alpha value is -2.45. The maximum absolute atomic E-state index is 12.2. The quantitative estimate of drug-likeness (QED) is 0.710. The van der Waals surface area contributed by atoms with Crippen LogP contribution in [-0.2, 0) is 16.1 Å². The minimum absolute atomic E-state index is 0.194. The van der Waals surface area contributed by atoms with Crippen LogP contribution in [0.25, 0.3) is 10.2 Å². The lowest BCUT2D eigenvalue weighted by molar-refractivity contribution is -0.145. The lowest BCUT2D eigenvalue weighted by Gasteiger charge is -2.06. The van der Waals surface area contributed by atoms with E-state index in [4.69, 9.17) is 4.74 Å². The summed E-state index contributed by atoms with van der Waals surface area (Å²) in [6, 6.07) is 8.19. The molecule has 4 rings (SSSR count). The topological polar surface area (TPSA) is 84.7 Å². The van der Waals surface area contributed by atoms with Crippen molar-refractivity contribution in [1.82, 2.24) is 9.97 Å². The third kappa shape index (κ3) is 3.49. The molecule has 2 aromatic heterocycles. The van der Waals surface area contributed by atoms with E-state index >= 15 is 0 Å². The molecule has 3 aromatic rings. The van der Waals surface area contributed by atoms with Gasteiger partial charge >= 0.3 is 5.97 Å². The summed E-state index contributed by atoms with van der Waals surface area (Å²) >= 11 is 2.94. The van der Waals surface area contributed by atoms with Crippen molar-refractivity contribution in [2.45, 2.75) is 12.6 Å². The number of pyridine rings is 1. The first kappa shape index (κ1) is 16.0. The molecule has 0 radical (unpaired) electrons. The summed E-state index contributed by atoms with van der Waals surface area (Å²) < 4.78 is 6.21. The Kier molecular flexibility index (Phi) is 4.37. The molecule has 0 saturated carbocycles. The Labute approximate surface area is 151 Å². The second kappa shape index (κ2) is 6.81. The van der Waals surface area contributed by atoms with Gasteiger partial charge in [-0.15, -0.1) is 23.1 Å².